The molecule has 1 aromatic rings. The summed E-state index contributed by atoms with van der Waals surface area (Å²) in [7, 11) is 2.15. The number of rotatable bonds is 16. The lowest BCUT2D eigenvalue weighted by molar-refractivity contribution is -0.225. The fourth-order valence-corrected chi connectivity index (χ4v) is 12.4. The van der Waals surface area contributed by atoms with Crippen LogP contribution in [0.3, 0.4) is 0 Å². The molecule has 2 unspecified atom stereocenters. The van der Waals surface area contributed by atoms with E-state index in [0.717, 1.165) is 38.8 Å². The molecule has 0 aromatic heterocycles. The van der Waals surface area contributed by atoms with Crippen LogP contribution in [0.25, 0.3) is 0 Å². The number of alkyl carbamates (subject to hydrolysis) is 2. The molecule has 0 radical (unpaired) electrons. The van der Waals surface area contributed by atoms with Crippen LogP contribution < -0.4 is 10.6 Å². The van der Waals surface area contributed by atoms with E-state index >= 15 is 0 Å². The van der Waals surface area contributed by atoms with Crippen molar-refractivity contribution >= 4 is 36.1 Å². The van der Waals surface area contributed by atoms with E-state index in [1.54, 1.807) is 62.3 Å². The lowest BCUT2D eigenvalue weighted by atomic mass is 9.43. The van der Waals surface area contributed by atoms with E-state index in [0.29, 0.717) is 32.1 Å². The number of amides is 2. The molecule has 5 rings (SSSR count). The number of nitrogens with zero attached hydrogens (tertiary/aromatic N) is 1. The Bertz CT molecular complexity index is 1920. The third-order valence-electron chi connectivity index (χ3n) is 15.1. The molecule has 15 nitrogen and oxygen atoms in total. The first kappa shape index (κ1) is 54.5. The first-order chi connectivity index (χ1) is 31.6. The van der Waals surface area contributed by atoms with Crippen molar-refractivity contribution in [3.05, 3.63) is 35.9 Å². The number of hydrogen-bond acceptors (Lipinski definition) is 13. The fourth-order valence-electron chi connectivity index (χ4n) is 12.4. The normalized spacial score (nSPS) is 29.5. The lowest BCUT2D eigenvalue weighted by Gasteiger charge is -2.64. The maximum Gasteiger partial charge on any atom is 0.408 e. The minimum Gasteiger partial charge on any atom is -0.462 e. The molecule has 15 heteroatoms. The summed E-state index contributed by atoms with van der Waals surface area (Å²) in [6.45, 7) is 23.7. The fraction of sp³-hybridized carbons (Fsp3) is 0.774. The molecule has 0 aliphatic heterocycles. The van der Waals surface area contributed by atoms with E-state index in [2.05, 4.69) is 67.6 Å². The van der Waals surface area contributed by atoms with Crippen molar-refractivity contribution in [1.29, 1.82) is 0 Å². The summed E-state index contributed by atoms with van der Waals surface area (Å²) in [5.41, 5.74) is -1.80. The second-order valence-electron chi connectivity index (χ2n) is 23.7. The van der Waals surface area contributed by atoms with Crippen LogP contribution in [0, 0.1) is 46.3 Å². The van der Waals surface area contributed by atoms with Crippen LogP contribution in [0.15, 0.2) is 30.3 Å². The molecule has 4 fully saturated rings. The summed E-state index contributed by atoms with van der Waals surface area (Å²) in [6, 6.07) is 10.4. The number of fused-ring (bicyclic) bond motifs is 5. The van der Waals surface area contributed by atoms with E-state index in [4.69, 9.17) is 28.4 Å². The largest absolute Gasteiger partial charge is 0.462 e. The molecule has 4 aliphatic carbocycles. The molecular formula is C53H83N3O12. The molecule has 4 saturated carbocycles. The predicted molar refractivity (Wildman–Crippen MR) is 256 cm³/mol. The number of nitrogens with one attached hydrogen (secondary N) is 2. The van der Waals surface area contributed by atoms with Gasteiger partial charge in [-0.15, -0.1) is 0 Å². The van der Waals surface area contributed by atoms with E-state index in [1.807, 2.05) is 6.07 Å². The molecule has 0 saturated heterocycles. The van der Waals surface area contributed by atoms with Gasteiger partial charge in [0.15, 0.2) is 0 Å². The second kappa shape index (κ2) is 22.1. The van der Waals surface area contributed by atoms with Crippen molar-refractivity contribution in [2.75, 3.05) is 26.7 Å². The molecule has 2 amide bonds. The molecule has 0 spiro atoms. The summed E-state index contributed by atoms with van der Waals surface area (Å²) in [5, 5.41) is 5.17. The lowest BCUT2D eigenvalue weighted by Crippen LogP contribution is -2.63. The van der Waals surface area contributed by atoms with E-state index < -0.39 is 83.0 Å². The number of ether oxygens (including phenoxy) is 6. The maximum atomic E-state index is 13.9. The first-order valence-electron chi connectivity index (χ1n) is 25.0. The molecule has 11 atom stereocenters. The molecule has 0 heterocycles. The van der Waals surface area contributed by atoms with Crippen LogP contribution >= 0.6 is 0 Å². The molecule has 382 valence electrons. The van der Waals surface area contributed by atoms with Crippen LogP contribution in [0.1, 0.15) is 153 Å². The number of hydrogen-bond donors (Lipinski definition) is 2. The van der Waals surface area contributed by atoms with E-state index in [9.17, 15) is 28.8 Å². The highest BCUT2D eigenvalue weighted by atomic mass is 16.6. The monoisotopic (exact) mass is 954 g/mol. The Morgan fingerprint density at radius 2 is 1.29 bits per heavy atom. The average molecular weight is 954 g/mol. The van der Waals surface area contributed by atoms with Gasteiger partial charge in [-0.2, -0.15) is 0 Å². The van der Waals surface area contributed by atoms with Crippen molar-refractivity contribution in [3.8, 4) is 0 Å². The summed E-state index contributed by atoms with van der Waals surface area (Å²) in [6.07, 6.45) is 3.08. The minimum atomic E-state index is -0.754. The topological polar surface area (TPSA) is 185 Å². The summed E-state index contributed by atoms with van der Waals surface area (Å²) >= 11 is 0. The van der Waals surface area contributed by atoms with Gasteiger partial charge in [0.05, 0.1) is 0 Å². The van der Waals surface area contributed by atoms with Crippen LogP contribution in [-0.2, 0) is 54.1 Å². The molecule has 0 bridgehead atoms. The van der Waals surface area contributed by atoms with Gasteiger partial charge in [0.2, 0.25) is 0 Å². The summed E-state index contributed by atoms with van der Waals surface area (Å²) in [4.78, 5) is 81.1. The highest BCUT2D eigenvalue weighted by molar-refractivity contribution is 5.91. The van der Waals surface area contributed by atoms with Gasteiger partial charge in [-0.05, 0) is 174 Å². The van der Waals surface area contributed by atoms with Crippen molar-refractivity contribution in [2.45, 2.75) is 189 Å². The molecular weight excluding hydrogens is 871 g/mol. The molecule has 2 N–H and O–H groups in total. The van der Waals surface area contributed by atoms with Crippen molar-refractivity contribution in [3.63, 3.8) is 0 Å². The summed E-state index contributed by atoms with van der Waals surface area (Å²) < 4.78 is 35.3. The van der Waals surface area contributed by atoms with Gasteiger partial charge in [-0.1, -0.05) is 51.1 Å². The number of carbonyl (C=O) groups excluding carboxylic acids is 6. The Morgan fingerprint density at radius 3 is 1.88 bits per heavy atom. The first-order valence-corrected chi connectivity index (χ1v) is 25.0. The average Bonchev–Trinajstić information content (AvgIpc) is 3.56. The van der Waals surface area contributed by atoms with Gasteiger partial charge >= 0.3 is 36.1 Å². The zero-order valence-corrected chi connectivity index (χ0v) is 43.3. The van der Waals surface area contributed by atoms with Crippen LogP contribution in [0.2, 0.25) is 0 Å². The van der Waals surface area contributed by atoms with Crippen LogP contribution in [-0.4, -0.2) is 103 Å². The quantitative estimate of drug-likeness (QED) is 0.0910. The number of carbonyl (C=O) groups is 6. The van der Waals surface area contributed by atoms with Gasteiger partial charge in [0.25, 0.3) is 0 Å². The highest BCUT2D eigenvalue weighted by Crippen LogP contribution is 2.69. The standard InChI is InChI=1S/C53H83N3O12/c1-33(18-17-25-56(13)32-34-19-15-14-16-20-34)37-21-22-38-46-39(28-41(53(37,38)12)65-45(60)31-55-48(62)68-51(8,9)10)52(11)24-23-36(63-42(57)29-43(58)66-49(2,3)4)26-35(52)27-40(46)64-44(59)30-54-47(61)67-50(5,6)7/h14-16,19-20,33,35-41,46H,17-18,21-32H2,1-13H3,(H,54,61)(H,55,62)/t33-,35?,36+,37+,38-,39-,40+,41-,46?,52-,53+/m0/s1. The Balaban J connectivity index is 1.43. The Labute approximate surface area is 405 Å². The van der Waals surface area contributed by atoms with E-state index in [-0.39, 0.29) is 54.0 Å². The molecule has 68 heavy (non-hydrogen) atoms. The molecule has 1 aromatic carbocycles. The van der Waals surface area contributed by atoms with Crippen molar-refractivity contribution in [1.82, 2.24) is 15.5 Å². The Morgan fingerprint density at radius 1 is 0.706 bits per heavy atom. The summed E-state index contributed by atoms with van der Waals surface area (Å²) in [5.74, 6) is -2.18. The van der Waals surface area contributed by atoms with Crippen LogP contribution in [0.5, 0.6) is 0 Å². The number of benzene rings is 1. The van der Waals surface area contributed by atoms with Crippen molar-refractivity contribution in [2.24, 2.45) is 46.3 Å². The van der Waals surface area contributed by atoms with Crippen LogP contribution in [0.4, 0.5) is 9.59 Å². The smallest absolute Gasteiger partial charge is 0.408 e. The van der Waals surface area contributed by atoms with Gasteiger partial charge in [-0.3, -0.25) is 19.2 Å². The maximum absolute atomic E-state index is 13.9. The van der Waals surface area contributed by atoms with Gasteiger partial charge in [-0.25, -0.2) is 9.59 Å². The zero-order valence-electron chi connectivity index (χ0n) is 43.3. The Kier molecular flexibility index (Phi) is 17.8. The third kappa shape index (κ3) is 14.8. The third-order valence-corrected chi connectivity index (χ3v) is 15.1. The minimum absolute atomic E-state index is 0.00448. The van der Waals surface area contributed by atoms with Gasteiger partial charge in [0, 0.05) is 17.9 Å². The van der Waals surface area contributed by atoms with E-state index in [1.165, 1.54) is 5.56 Å². The zero-order chi connectivity index (χ0) is 50.4. The Hall–Kier alpha value is -4.40. The SMILES string of the molecule is C[C@@H](CCCN(C)Cc1ccccc1)[C@H]1CC[C@H]2C3[C@H](OC(=O)CNC(=O)OC(C)(C)C)CC4C[C@H](OC(=O)CC(=O)OC(C)(C)C)CC[C@]4(C)[C@H]3C[C@H](OC(=O)CNC(=O)OC(C)(C)C)[C@]12C. The van der Waals surface area contributed by atoms with Gasteiger partial charge in [0.1, 0.15) is 54.6 Å². The second-order valence-corrected chi connectivity index (χ2v) is 23.7. The molecule has 4 aliphatic rings. The highest BCUT2D eigenvalue weighted by Gasteiger charge is 2.68. The van der Waals surface area contributed by atoms with Crippen molar-refractivity contribution < 1.29 is 57.2 Å². The van der Waals surface area contributed by atoms with Gasteiger partial charge < -0.3 is 44.0 Å². The predicted octanol–water partition coefficient (Wildman–Crippen LogP) is 8.93. The number of esters is 4.